The van der Waals surface area contributed by atoms with E-state index in [-0.39, 0.29) is 0 Å². The molecule has 0 aliphatic rings. The normalized spacial score (nSPS) is 11.4. The molecule has 0 atom stereocenters. The maximum atomic E-state index is 9.68. The third-order valence-electron chi connectivity index (χ3n) is 4.54. The van der Waals surface area contributed by atoms with Gasteiger partial charge in [-0.3, -0.25) is 0 Å². The van der Waals surface area contributed by atoms with Crippen LogP contribution < -0.4 is 4.74 Å². The van der Waals surface area contributed by atoms with Crippen LogP contribution in [0, 0.1) is 11.3 Å². The molecule has 0 aliphatic heterocycles. The van der Waals surface area contributed by atoms with Crippen LogP contribution in [0.5, 0.6) is 5.75 Å². The summed E-state index contributed by atoms with van der Waals surface area (Å²) in [6.07, 6.45) is 3.62. The topological polar surface area (TPSA) is 50.8 Å². The van der Waals surface area contributed by atoms with Crippen molar-refractivity contribution in [3.05, 3.63) is 101 Å². The summed E-state index contributed by atoms with van der Waals surface area (Å²) in [5, 5.41) is 10.4. The van der Waals surface area contributed by atoms with E-state index >= 15 is 0 Å². The zero-order chi connectivity index (χ0) is 20.1. The van der Waals surface area contributed by atoms with Crippen molar-refractivity contribution in [2.45, 2.75) is 13.2 Å². The molecule has 4 aromatic rings. The van der Waals surface area contributed by atoms with Crippen molar-refractivity contribution in [2.75, 3.05) is 0 Å². The largest absolute Gasteiger partial charge is 0.488 e. The molecule has 0 amide bonds. The van der Waals surface area contributed by atoms with Gasteiger partial charge < -0.3 is 9.30 Å². The summed E-state index contributed by atoms with van der Waals surface area (Å²) in [7, 11) is 0. The Balaban J connectivity index is 1.57. The molecule has 5 heteroatoms. The number of halogens is 1. The van der Waals surface area contributed by atoms with Gasteiger partial charge in [0.25, 0.3) is 0 Å². The molecule has 0 saturated carbocycles. The highest BCUT2D eigenvalue weighted by Crippen LogP contribution is 2.24. The average molecular weight is 400 g/mol. The summed E-state index contributed by atoms with van der Waals surface area (Å²) in [6.45, 7) is 0.846. The van der Waals surface area contributed by atoms with E-state index in [1.54, 1.807) is 6.33 Å². The van der Waals surface area contributed by atoms with Gasteiger partial charge in [-0.15, -0.1) is 0 Å². The van der Waals surface area contributed by atoms with Crippen molar-refractivity contribution >= 4 is 28.7 Å². The molecule has 1 aromatic heterocycles. The van der Waals surface area contributed by atoms with E-state index in [9.17, 15) is 5.26 Å². The van der Waals surface area contributed by atoms with Crippen LogP contribution in [0.4, 0.5) is 0 Å². The minimum absolute atomic E-state index is 0.402. The number of rotatable bonds is 6. The number of ether oxygens (including phenoxy) is 1. The number of nitrogens with zero attached hydrogens (tertiary/aromatic N) is 3. The molecule has 0 unspecified atom stereocenters. The molecule has 29 heavy (non-hydrogen) atoms. The molecule has 3 aromatic carbocycles. The zero-order valence-corrected chi connectivity index (χ0v) is 16.4. The second-order valence-electron chi connectivity index (χ2n) is 6.60. The number of hydrogen-bond acceptors (Lipinski definition) is 3. The fraction of sp³-hybridized carbons (Fsp3) is 0.0833. The van der Waals surface area contributed by atoms with Crippen molar-refractivity contribution < 1.29 is 4.74 Å². The quantitative estimate of drug-likeness (QED) is 0.380. The zero-order valence-electron chi connectivity index (χ0n) is 15.6. The minimum atomic E-state index is 0.402. The number of nitriles is 1. The first-order chi connectivity index (χ1) is 14.2. The van der Waals surface area contributed by atoms with Crippen LogP contribution in [-0.4, -0.2) is 9.55 Å². The van der Waals surface area contributed by atoms with Crippen molar-refractivity contribution in [3.63, 3.8) is 0 Å². The van der Waals surface area contributed by atoms with Crippen LogP contribution in [0.3, 0.4) is 0 Å². The Morgan fingerprint density at radius 2 is 1.90 bits per heavy atom. The number of para-hydroxylation sites is 3. The van der Waals surface area contributed by atoms with Gasteiger partial charge in [-0.05, 0) is 42.0 Å². The van der Waals surface area contributed by atoms with Crippen LogP contribution in [0.2, 0.25) is 5.02 Å². The SMILES string of the molecule is N#C/C(=C/c1ccccc1OCc1cccc(Cl)c1)Cn1cnc2ccccc21. The molecule has 4 rings (SSSR count). The Labute approximate surface area is 174 Å². The highest BCUT2D eigenvalue weighted by molar-refractivity contribution is 6.30. The maximum absolute atomic E-state index is 9.68. The van der Waals surface area contributed by atoms with Crippen molar-refractivity contribution in [1.29, 1.82) is 5.26 Å². The number of allylic oxidation sites excluding steroid dienone is 1. The lowest BCUT2D eigenvalue weighted by atomic mass is 10.1. The lowest BCUT2D eigenvalue weighted by molar-refractivity contribution is 0.305. The van der Waals surface area contributed by atoms with Crippen LogP contribution >= 0.6 is 11.6 Å². The number of aromatic nitrogens is 2. The monoisotopic (exact) mass is 399 g/mol. The second kappa shape index (κ2) is 8.64. The van der Waals surface area contributed by atoms with Crippen molar-refractivity contribution in [1.82, 2.24) is 9.55 Å². The summed E-state index contributed by atoms with van der Waals surface area (Å²) in [4.78, 5) is 4.39. The van der Waals surface area contributed by atoms with E-state index in [1.165, 1.54) is 0 Å². The summed E-state index contributed by atoms with van der Waals surface area (Å²) in [5.41, 5.74) is 4.37. The van der Waals surface area contributed by atoms with Gasteiger partial charge in [-0.1, -0.05) is 54.1 Å². The number of hydrogen-bond donors (Lipinski definition) is 0. The smallest absolute Gasteiger partial charge is 0.127 e. The van der Waals surface area contributed by atoms with Crippen LogP contribution in [0.15, 0.2) is 84.7 Å². The Morgan fingerprint density at radius 1 is 1.07 bits per heavy atom. The molecule has 142 valence electrons. The van der Waals surface area contributed by atoms with Crippen LogP contribution in [0.1, 0.15) is 11.1 Å². The summed E-state index contributed by atoms with van der Waals surface area (Å²) in [5.74, 6) is 0.718. The van der Waals surface area contributed by atoms with Crippen molar-refractivity contribution in [3.8, 4) is 11.8 Å². The maximum Gasteiger partial charge on any atom is 0.127 e. The Hall–Kier alpha value is -3.55. The average Bonchev–Trinajstić information content (AvgIpc) is 3.15. The number of fused-ring (bicyclic) bond motifs is 1. The molecular formula is C24H18ClN3O. The molecule has 0 saturated heterocycles. The van der Waals surface area contributed by atoms with Gasteiger partial charge in [0.15, 0.2) is 0 Å². The molecule has 0 spiro atoms. The first-order valence-corrected chi connectivity index (χ1v) is 9.57. The number of imidazole rings is 1. The molecule has 0 N–H and O–H groups in total. The molecule has 4 nitrogen and oxygen atoms in total. The predicted octanol–water partition coefficient (Wildman–Crippen LogP) is 5.88. The highest BCUT2D eigenvalue weighted by atomic mass is 35.5. The van der Waals surface area contributed by atoms with Gasteiger partial charge in [0.1, 0.15) is 12.4 Å². The lowest BCUT2D eigenvalue weighted by Crippen LogP contribution is -2.00. The Bertz CT molecular complexity index is 1220. The third kappa shape index (κ3) is 4.48. The molecule has 0 fully saturated rings. The van der Waals surface area contributed by atoms with Gasteiger partial charge in [0.2, 0.25) is 0 Å². The molecule has 0 radical (unpaired) electrons. The van der Waals surface area contributed by atoms with E-state index in [0.717, 1.165) is 27.9 Å². The Morgan fingerprint density at radius 3 is 2.76 bits per heavy atom. The molecular weight excluding hydrogens is 382 g/mol. The van der Waals surface area contributed by atoms with E-state index < -0.39 is 0 Å². The van der Waals surface area contributed by atoms with E-state index in [1.807, 2.05) is 83.4 Å². The van der Waals surface area contributed by atoms with E-state index in [4.69, 9.17) is 16.3 Å². The fourth-order valence-corrected chi connectivity index (χ4v) is 3.35. The van der Waals surface area contributed by atoms with Gasteiger partial charge in [-0.2, -0.15) is 5.26 Å². The van der Waals surface area contributed by atoms with E-state index in [0.29, 0.717) is 23.7 Å². The summed E-state index contributed by atoms with van der Waals surface area (Å²) < 4.78 is 7.97. The van der Waals surface area contributed by atoms with E-state index in [2.05, 4.69) is 11.1 Å². The lowest BCUT2D eigenvalue weighted by Gasteiger charge is -2.10. The minimum Gasteiger partial charge on any atom is -0.488 e. The van der Waals surface area contributed by atoms with Gasteiger partial charge in [-0.25, -0.2) is 4.98 Å². The predicted molar refractivity (Wildman–Crippen MR) is 116 cm³/mol. The van der Waals surface area contributed by atoms with Gasteiger partial charge in [0, 0.05) is 10.6 Å². The van der Waals surface area contributed by atoms with Gasteiger partial charge >= 0.3 is 0 Å². The van der Waals surface area contributed by atoms with Crippen LogP contribution in [-0.2, 0) is 13.2 Å². The second-order valence-corrected chi connectivity index (χ2v) is 7.04. The molecule has 1 heterocycles. The standard InChI is InChI=1S/C24H18ClN3O/c25-21-8-5-6-18(13-21)16-29-24-11-4-1-7-20(24)12-19(14-26)15-28-17-27-22-9-2-3-10-23(22)28/h1-13,17H,15-16H2/b19-12-. The molecule has 0 bridgehead atoms. The number of benzene rings is 3. The summed E-state index contributed by atoms with van der Waals surface area (Å²) in [6, 6.07) is 25.4. The summed E-state index contributed by atoms with van der Waals surface area (Å²) >= 11 is 6.05. The van der Waals surface area contributed by atoms with Gasteiger partial charge in [0.05, 0.1) is 35.5 Å². The fourth-order valence-electron chi connectivity index (χ4n) is 3.14. The Kier molecular flexibility index (Phi) is 5.60. The van der Waals surface area contributed by atoms with Crippen molar-refractivity contribution in [2.24, 2.45) is 0 Å². The molecule has 0 aliphatic carbocycles. The highest BCUT2D eigenvalue weighted by Gasteiger charge is 2.07. The van der Waals surface area contributed by atoms with Crippen LogP contribution in [0.25, 0.3) is 17.1 Å². The third-order valence-corrected chi connectivity index (χ3v) is 4.78. The first-order valence-electron chi connectivity index (χ1n) is 9.20. The first kappa shape index (κ1) is 18.8.